The zero-order valence-corrected chi connectivity index (χ0v) is 14.0. The molecule has 1 fully saturated rings. The molecule has 2 aromatic heterocycles. The summed E-state index contributed by atoms with van der Waals surface area (Å²) in [6, 6.07) is 2.02. The monoisotopic (exact) mass is 336 g/mol. The maximum Gasteiger partial charge on any atom is 0.246 e. The average Bonchev–Trinajstić information content (AvgIpc) is 2.88. The Kier molecular flexibility index (Phi) is 4.31. The third kappa shape index (κ3) is 3.20. The molecule has 0 unspecified atom stereocenters. The third-order valence-electron chi connectivity index (χ3n) is 4.05. The molecule has 8 nitrogen and oxygen atoms in total. The van der Waals surface area contributed by atoms with Crippen LogP contribution in [-0.2, 0) is 10.0 Å². The normalized spacial score (nSPS) is 17.3. The number of H-pyrrole nitrogens is 1. The number of hydrogen-bond acceptors (Lipinski definition) is 6. The van der Waals surface area contributed by atoms with E-state index in [1.54, 1.807) is 26.1 Å². The van der Waals surface area contributed by atoms with Crippen LogP contribution in [0.25, 0.3) is 0 Å². The summed E-state index contributed by atoms with van der Waals surface area (Å²) in [7, 11) is -3.49. The molecule has 0 amide bonds. The Labute approximate surface area is 135 Å². The molecule has 0 atom stereocenters. The lowest BCUT2D eigenvalue weighted by Gasteiger charge is -2.31. The number of piperidine rings is 1. The van der Waals surface area contributed by atoms with E-state index in [1.807, 2.05) is 0 Å². The number of hydrogen-bond donors (Lipinski definition) is 2. The SMILES string of the molecule is Cc1n[nH]c(C)c1S(=O)(=O)N1CCC(Nc2ccncn2)CC1. The van der Waals surface area contributed by atoms with E-state index in [0.29, 0.717) is 29.4 Å². The van der Waals surface area contributed by atoms with E-state index >= 15 is 0 Å². The van der Waals surface area contributed by atoms with Crippen molar-refractivity contribution < 1.29 is 8.42 Å². The first kappa shape index (κ1) is 15.9. The highest BCUT2D eigenvalue weighted by atomic mass is 32.2. The third-order valence-corrected chi connectivity index (χ3v) is 6.21. The van der Waals surface area contributed by atoms with Crippen LogP contribution in [0, 0.1) is 13.8 Å². The Morgan fingerprint density at radius 2 is 2.04 bits per heavy atom. The molecule has 0 saturated carbocycles. The number of anilines is 1. The van der Waals surface area contributed by atoms with Crippen molar-refractivity contribution in [1.82, 2.24) is 24.5 Å². The number of rotatable bonds is 4. The Morgan fingerprint density at radius 3 is 2.61 bits per heavy atom. The number of nitrogens with zero attached hydrogens (tertiary/aromatic N) is 4. The van der Waals surface area contributed by atoms with Crippen LogP contribution in [0.3, 0.4) is 0 Å². The van der Waals surface area contributed by atoms with Crippen LogP contribution in [0.1, 0.15) is 24.2 Å². The zero-order valence-electron chi connectivity index (χ0n) is 13.2. The van der Waals surface area contributed by atoms with Crippen molar-refractivity contribution in [2.45, 2.75) is 37.6 Å². The maximum absolute atomic E-state index is 12.8. The van der Waals surface area contributed by atoms with Crippen molar-refractivity contribution >= 4 is 15.8 Å². The molecule has 3 heterocycles. The van der Waals surface area contributed by atoms with Gasteiger partial charge >= 0.3 is 0 Å². The quantitative estimate of drug-likeness (QED) is 0.866. The Balaban J connectivity index is 1.67. The summed E-state index contributed by atoms with van der Waals surface area (Å²) in [5.41, 5.74) is 1.10. The molecular weight excluding hydrogens is 316 g/mol. The van der Waals surface area contributed by atoms with Gasteiger partial charge in [-0.05, 0) is 32.8 Å². The first-order chi connectivity index (χ1) is 11.0. The van der Waals surface area contributed by atoms with Crippen molar-refractivity contribution in [3.05, 3.63) is 30.0 Å². The molecule has 0 radical (unpaired) electrons. The molecule has 23 heavy (non-hydrogen) atoms. The Bertz CT molecular complexity index is 746. The highest BCUT2D eigenvalue weighted by Gasteiger charge is 2.32. The van der Waals surface area contributed by atoms with E-state index in [0.717, 1.165) is 18.7 Å². The van der Waals surface area contributed by atoms with Gasteiger partial charge in [0.05, 0.1) is 11.4 Å². The molecule has 0 aromatic carbocycles. The van der Waals surface area contributed by atoms with Crippen molar-refractivity contribution in [3.8, 4) is 0 Å². The Morgan fingerprint density at radius 1 is 1.30 bits per heavy atom. The second kappa shape index (κ2) is 6.25. The van der Waals surface area contributed by atoms with Gasteiger partial charge in [-0.1, -0.05) is 0 Å². The molecule has 0 spiro atoms. The highest BCUT2D eigenvalue weighted by Crippen LogP contribution is 2.25. The fraction of sp³-hybridized carbons (Fsp3) is 0.500. The predicted octanol–water partition coefficient (Wildman–Crippen LogP) is 1.08. The van der Waals surface area contributed by atoms with E-state index < -0.39 is 10.0 Å². The lowest BCUT2D eigenvalue weighted by atomic mass is 10.1. The highest BCUT2D eigenvalue weighted by molar-refractivity contribution is 7.89. The molecule has 1 aliphatic heterocycles. The average molecular weight is 336 g/mol. The fourth-order valence-electron chi connectivity index (χ4n) is 2.88. The van der Waals surface area contributed by atoms with Gasteiger partial charge in [-0.25, -0.2) is 18.4 Å². The van der Waals surface area contributed by atoms with E-state index in [-0.39, 0.29) is 6.04 Å². The van der Waals surface area contributed by atoms with Crippen LogP contribution >= 0.6 is 0 Å². The smallest absolute Gasteiger partial charge is 0.246 e. The van der Waals surface area contributed by atoms with Gasteiger partial charge in [-0.2, -0.15) is 9.40 Å². The largest absolute Gasteiger partial charge is 0.367 e. The molecule has 1 saturated heterocycles. The minimum Gasteiger partial charge on any atom is -0.367 e. The summed E-state index contributed by atoms with van der Waals surface area (Å²) < 4.78 is 27.1. The van der Waals surface area contributed by atoms with Crippen LogP contribution in [0.5, 0.6) is 0 Å². The number of aromatic amines is 1. The van der Waals surface area contributed by atoms with Crippen molar-refractivity contribution in [2.24, 2.45) is 0 Å². The van der Waals surface area contributed by atoms with Gasteiger partial charge in [0.15, 0.2) is 0 Å². The second-order valence-electron chi connectivity index (χ2n) is 5.68. The molecule has 9 heteroatoms. The van der Waals surface area contributed by atoms with E-state index in [9.17, 15) is 8.42 Å². The summed E-state index contributed by atoms with van der Waals surface area (Å²) >= 11 is 0. The second-order valence-corrected chi connectivity index (χ2v) is 7.56. The maximum atomic E-state index is 12.8. The summed E-state index contributed by atoms with van der Waals surface area (Å²) in [5.74, 6) is 0.767. The number of aromatic nitrogens is 4. The standard InChI is InChI=1S/C14H20N6O2S/c1-10-14(11(2)19-18-10)23(21,22)20-7-4-12(5-8-20)17-13-3-6-15-9-16-13/h3,6,9,12H,4-5,7-8H2,1-2H3,(H,18,19)(H,15,16,17). The zero-order chi connectivity index (χ0) is 16.4. The fourth-order valence-corrected chi connectivity index (χ4v) is 4.68. The van der Waals surface area contributed by atoms with Gasteiger partial charge in [0.25, 0.3) is 0 Å². The Hall–Kier alpha value is -2.00. The molecule has 0 bridgehead atoms. The topological polar surface area (TPSA) is 104 Å². The predicted molar refractivity (Wildman–Crippen MR) is 85.5 cm³/mol. The van der Waals surface area contributed by atoms with Crippen LogP contribution < -0.4 is 5.32 Å². The van der Waals surface area contributed by atoms with E-state index in [2.05, 4.69) is 25.5 Å². The van der Waals surface area contributed by atoms with E-state index in [4.69, 9.17) is 0 Å². The van der Waals surface area contributed by atoms with Crippen LogP contribution in [0.4, 0.5) is 5.82 Å². The van der Waals surface area contributed by atoms with Gasteiger partial charge in [0.1, 0.15) is 17.0 Å². The lowest BCUT2D eigenvalue weighted by molar-refractivity contribution is 0.329. The van der Waals surface area contributed by atoms with Gasteiger partial charge in [0, 0.05) is 25.3 Å². The molecular formula is C14H20N6O2S. The first-order valence-electron chi connectivity index (χ1n) is 7.53. The van der Waals surface area contributed by atoms with Gasteiger partial charge in [-0.3, -0.25) is 5.10 Å². The van der Waals surface area contributed by atoms with Gasteiger partial charge < -0.3 is 5.32 Å². The molecule has 1 aliphatic rings. The molecule has 124 valence electrons. The lowest BCUT2D eigenvalue weighted by Crippen LogP contribution is -2.42. The van der Waals surface area contributed by atoms with Crippen molar-refractivity contribution in [3.63, 3.8) is 0 Å². The van der Waals surface area contributed by atoms with E-state index in [1.165, 1.54) is 10.6 Å². The van der Waals surface area contributed by atoms with Crippen LogP contribution in [0.2, 0.25) is 0 Å². The molecule has 0 aliphatic carbocycles. The molecule has 3 rings (SSSR count). The minimum absolute atomic E-state index is 0.211. The van der Waals surface area contributed by atoms with Crippen LogP contribution in [-0.4, -0.2) is 52.0 Å². The van der Waals surface area contributed by atoms with Crippen LogP contribution in [0.15, 0.2) is 23.5 Å². The summed E-state index contributed by atoms with van der Waals surface area (Å²) in [4.78, 5) is 8.32. The van der Waals surface area contributed by atoms with Crippen molar-refractivity contribution in [1.29, 1.82) is 0 Å². The summed E-state index contributed by atoms with van der Waals surface area (Å²) in [6.45, 7) is 4.40. The number of sulfonamides is 1. The minimum atomic E-state index is -3.49. The number of nitrogens with one attached hydrogen (secondary N) is 2. The summed E-state index contributed by atoms with van der Waals surface area (Å²) in [5, 5.41) is 10.1. The molecule has 2 aromatic rings. The number of aryl methyl sites for hydroxylation is 2. The molecule has 2 N–H and O–H groups in total. The van der Waals surface area contributed by atoms with Gasteiger partial charge in [0.2, 0.25) is 10.0 Å². The summed E-state index contributed by atoms with van der Waals surface area (Å²) in [6.07, 6.45) is 4.64. The first-order valence-corrected chi connectivity index (χ1v) is 8.97. The van der Waals surface area contributed by atoms with Gasteiger partial charge in [-0.15, -0.1) is 0 Å². The van der Waals surface area contributed by atoms with Crippen molar-refractivity contribution in [2.75, 3.05) is 18.4 Å².